The molecule has 8 heteroatoms. The summed E-state index contributed by atoms with van der Waals surface area (Å²) in [7, 11) is -2.46. The van der Waals surface area contributed by atoms with Crippen LogP contribution >= 0.6 is 27.5 Å². The van der Waals surface area contributed by atoms with E-state index in [0.29, 0.717) is 35.9 Å². The van der Waals surface area contributed by atoms with Gasteiger partial charge in [0.05, 0.1) is 23.1 Å². The molecule has 0 unspecified atom stereocenters. The maximum absolute atomic E-state index is 12.7. The molecule has 0 atom stereocenters. The Labute approximate surface area is 151 Å². The third kappa shape index (κ3) is 4.83. The van der Waals surface area contributed by atoms with E-state index in [4.69, 9.17) is 16.3 Å². The Hall–Kier alpha value is -0.810. The molecule has 1 rings (SSSR count). The van der Waals surface area contributed by atoms with Gasteiger partial charge in [0.1, 0.15) is 11.3 Å². The summed E-state index contributed by atoms with van der Waals surface area (Å²) in [6, 6.07) is 4.94. The molecule has 0 saturated heterocycles. The lowest BCUT2D eigenvalue weighted by Crippen LogP contribution is -2.47. The number of sulfonamides is 1. The fourth-order valence-corrected chi connectivity index (χ4v) is 5.13. The molecule has 0 aliphatic heterocycles. The van der Waals surface area contributed by atoms with Crippen LogP contribution in [0.1, 0.15) is 39.5 Å². The first-order chi connectivity index (χ1) is 10.7. The summed E-state index contributed by atoms with van der Waals surface area (Å²) in [5, 5.41) is 9.71. The molecule has 128 valence electrons. The Morgan fingerprint density at radius 3 is 2.35 bits per heavy atom. The maximum Gasteiger partial charge on any atom is 0.243 e. The number of nitrogens with zero attached hydrogens (tertiary/aromatic N) is 1. The number of halogens is 2. The first-order valence-corrected chi connectivity index (χ1v) is 9.89. The fraction of sp³-hybridized carbons (Fsp3) is 0.533. The number of methoxy groups -OCH3 is 1. The van der Waals surface area contributed by atoms with Crippen LogP contribution in [0.4, 0.5) is 0 Å². The Morgan fingerprint density at radius 2 is 1.91 bits per heavy atom. The van der Waals surface area contributed by atoms with Crippen LogP contribution in [0.15, 0.2) is 21.5 Å². The predicted molar refractivity (Wildman–Crippen MR) is 94.2 cm³/mol. The monoisotopic (exact) mass is 422 g/mol. The molecule has 23 heavy (non-hydrogen) atoms. The van der Waals surface area contributed by atoms with E-state index in [2.05, 4.69) is 26.7 Å². The lowest BCUT2D eigenvalue weighted by molar-refractivity contribution is 0.406. The number of ether oxygens (including phenoxy) is 1. The van der Waals surface area contributed by atoms with Gasteiger partial charge in [0.25, 0.3) is 0 Å². The van der Waals surface area contributed by atoms with Crippen molar-refractivity contribution < 1.29 is 13.2 Å². The smallest absolute Gasteiger partial charge is 0.243 e. The average molecular weight is 424 g/mol. The van der Waals surface area contributed by atoms with Crippen molar-refractivity contribution >= 4 is 37.6 Å². The van der Waals surface area contributed by atoms with Gasteiger partial charge in [0.15, 0.2) is 0 Å². The zero-order chi connectivity index (χ0) is 17.7. The van der Waals surface area contributed by atoms with Crippen LogP contribution < -0.4 is 9.46 Å². The van der Waals surface area contributed by atoms with Crippen molar-refractivity contribution in [1.82, 2.24) is 4.72 Å². The van der Waals surface area contributed by atoms with Gasteiger partial charge in [0.2, 0.25) is 10.0 Å². The van der Waals surface area contributed by atoms with E-state index in [-0.39, 0.29) is 9.92 Å². The minimum atomic E-state index is -3.91. The average Bonchev–Trinajstić information content (AvgIpc) is 2.49. The predicted octanol–water partition coefficient (Wildman–Crippen LogP) is 4.25. The number of benzene rings is 1. The Kier molecular flexibility index (Phi) is 7.33. The van der Waals surface area contributed by atoms with Crippen LogP contribution in [0.5, 0.6) is 5.75 Å². The molecule has 0 amide bonds. The third-order valence-corrected chi connectivity index (χ3v) is 6.18. The molecule has 0 radical (unpaired) electrons. The van der Waals surface area contributed by atoms with Crippen LogP contribution in [-0.4, -0.2) is 21.1 Å². The zero-order valence-electron chi connectivity index (χ0n) is 13.3. The zero-order valence-corrected chi connectivity index (χ0v) is 16.5. The van der Waals surface area contributed by atoms with Crippen LogP contribution in [0, 0.1) is 11.3 Å². The minimum absolute atomic E-state index is 0.0184. The maximum atomic E-state index is 12.7. The molecule has 0 bridgehead atoms. The van der Waals surface area contributed by atoms with Crippen molar-refractivity contribution in [2.75, 3.05) is 7.11 Å². The quantitative estimate of drug-likeness (QED) is 0.678. The summed E-state index contributed by atoms with van der Waals surface area (Å²) in [5.41, 5.74) is -1.12. The topological polar surface area (TPSA) is 79.2 Å². The van der Waals surface area contributed by atoms with Gasteiger partial charge < -0.3 is 4.74 Å². The van der Waals surface area contributed by atoms with Crippen molar-refractivity contribution in [3.8, 4) is 11.8 Å². The summed E-state index contributed by atoms with van der Waals surface area (Å²) < 4.78 is 33.4. The van der Waals surface area contributed by atoms with Gasteiger partial charge >= 0.3 is 0 Å². The molecule has 0 saturated carbocycles. The van der Waals surface area contributed by atoms with Crippen LogP contribution in [0.2, 0.25) is 5.02 Å². The second kappa shape index (κ2) is 8.34. The van der Waals surface area contributed by atoms with E-state index in [1.54, 1.807) is 0 Å². The van der Waals surface area contributed by atoms with Gasteiger partial charge in [-0.25, -0.2) is 8.42 Å². The van der Waals surface area contributed by atoms with Crippen LogP contribution in [0.3, 0.4) is 0 Å². The number of nitriles is 1. The molecule has 5 nitrogen and oxygen atoms in total. The van der Waals surface area contributed by atoms with Crippen molar-refractivity contribution in [3.05, 3.63) is 21.6 Å². The van der Waals surface area contributed by atoms with Crippen molar-refractivity contribution in [1.29, 1.82) is 5.26 Å². The molecule has 0 heterocycles. The lowest BCUT2D eigenvalue weighted by atomic mass is 9.92. The van der Waals surface area contributed by atoms with Crippen molar-refractivity contribution in [3.63, 3.8) is 0 Å². The van der Waals surface area contributed by atoms with Crippen molar-refractivity contribution in [2.45, 2.75) is 50.0 Å². The highest BCUT2D eigenvalue weighted by molar-refractivity contribution is 9.10. The molecule has 0 fully saturated rings. The van der Waals surface area contributed by atoms with E-state index >= 15 is 0 Å². The highest BCUT2D eigenvalue weighted by atomic mass is 79.9. The standard InChI is InChI=1S/C15H20BrClN2O3S/c1-4-6-15(10-18,7-5-2)19-23(20,21)14-9-12(17)13(22-3)8-11(14)16/h8-9,19H,4-7H2,1-3H3. The molecular weight excluding hydrogens is 404 g/mol. The number of rotatable bonds is 8. The Balaban J connectivity index is 3.31. The Morgan fingerprint density at radius 1 is 1.35 bits per heavy atom. The molecule has 0 aliphatic carbocycles. The van der Waals surface area contributed by atoms with Crippen molar-refractivity contribution in [2.24, 2.45) is 0 Å². The summed E-state index contributed by atoms with van der Waals surface area (Å²) in [5.74, 6) is 0.367. The van der Waals surface area contributed by atoms with Gasteiger partial charge in [-0.15, -0.1) is 0 Å². The van der Waals surface area contributed by atoms with E-state index in [9.17, 15) is 13.7 Å². The molecule has 0 aromatic heterocycles. The van der Waals surface area contributed by atoms with Gasteiger partial charge in [-0.2, -0.15) is 9.98 Å². The summed E-state index contributed by atoms with van der Waals surface area (Å²) in [6.07, 6.45) is 2.28. The SMILES string of the molecule is CCCC(C#N)(CCC)NS(=O)(=O)c1cc(Cl)c(OC)cc1Br. The first kappa shape index (κ1) is 20.2. The molecule has 0 spiro atoms. The lowest BCUT2D eigenvalue weighted by Gasteiger charge is -2.27. The number of hydrogen-bond donors (Lipinski definition) is 1. The van der Waals surface area contributed by atoms with Crippen LogP contribution in [0.25, 0.3) is 0 Å². The summed E-state index contributed by atoms with van der Waals surface area (Å²) in [4.78, 5) is -0.0184. The van der Waals surface area contributed by atoms with Gasteiger partial charge in [-0.1, -0.05) is 38.3 Å². The fourth-order valence-electron chi connectivity index (χ4n) is 2.40. The highest BCUT2D eigenvalue weighted by Gasteiger charge is 2.35. The normalized spacial score (nSPS) is 12.0. The molecule has 1 aromatic rings. The van der Waals surface area contributed by atoms with E-state index in [1.807, 2.05) is 13.8 Å². The van der Waals surface area contributed by atoms with E-state index in [0.717, 1.165) is 0 Å². The molecular formula is C15H20BrClN2O3S. The third-order valence-electron chi connectivity index (χ3n) is 3.39. The van der Waals surface area contributed by atoms with E-state index in [1.165, 1.54) is 19.2 Å². The summed E-state index contributed by atoms with van der Waals surface area (Å²) >= 11 is 9.26. The first-order valence-electron chi connectivity index (χ1n) is 7.23. The minimum Gasteiger partial charge on any atom is -0.495 e. The Bertz CT molecular complexity index is 695. The highest BCUT2D eigenvalue weighted by Crippen LogP contribution is 2.34. The number of nitrogens with one attached hydrogen (secondary N) is 1. The van der Waals surface area contributed by atoms with Gasteiger partial charge in [0, 0.05) is 4.47 Å². The second-order valence-electron chi connectivity index (χ2n) is 5.22. The molecule has 1 aromatic carbocycles. The second-order valence-corrected chi connectivity index (χ2v) is 8.13. The van der Waals surface area contributed by atoms with Gasteiger partial charge in [-0.3, -0.25) is 0 Å². The summed E-state index contributed by atoms with van der Waals surface area (Å²) in [6.45, 7) is 3.83. The largest absolute Gasteiger partial charge is 0.495 e. The molecule has 0 aliphatic rings. The van der Waals surface area contributed by atoms with Gasteiger partial charge in [-0.05, 0) is 40.9 Å². The van der Waals surface area contributed by atoms with Crippen LogP contribution in [-0.2, 0) is 10.0 Å². The van der Waals surface area contributed by atoms with E-state index < -0.39 is 15.6 Å². The number of hydrogen-bond acceptors (Lipinski definition) is 4. The molecule has 1 N–H and O–H groups in total.